The Morgan fingerprint density at radius 1 is 0.923 bits per heavy atom. The molecule has 2 aromatic carbocycles. The highest BCUT2D eigenvalue weighted by molar-refractivity contribution is 7.92. The van der Waals surface area contributed by atoms with Gasteiger partial charge in [-0.15, -0.1) is 0 Å². The van der Waals surface area contributed by atoms with Crippen LogP contribution < -0.4 is 4.74 Å². The standard InChI is InChI=1S/C14H8O10S2/c15-13(16)6-1-2-8-9(3-6)25(19,20)10-4-7(14(17)18)5-11(12(10)24-8)26(21,22)23/h1-5H,(H,15,16)(H,17,18)(H,21,22,23). The van der Waals surface area contributed by atoms with Gasteiger partial charge in [0.25, 0.3) is 10.1 Å². The second kappa shape index (κ2) is 5.52. The molecule has 0 bridgehead atoms. The molecule has 3 N–H and O–H groups in total. The molecule has 0 radical (unpaired) electrons. The molecule has 0 atom stereocenters. The van der Waals surface area contributed by atoms with Crippen LogP contribution in [0.5, 0.6) is 11.5 Å². The van der Waals surface area contributed by atoms with Crippen LogP contribution in [0.2, 0.25) is 0 Å². The average molecular weight is 400 g/mol. The second-order valence-corrected chi connectivity index (χ2v) is 8.43. The summed E-state index contributed by atoms with van der Waals surface area (Å²) in [5.74, 6) is -4.19. The molecule has 0 unspecified atom stereocenters. The van der Waals surface area contributed by atoms with Crippen LogP contribution in [0.3, 0.4) is 0 Å². The Hall–Kier alpha value is -2.96. The van der Waals surface area contributed by atoms with E-state index in [-0.39, 0.29) is 11.3 Å². The predicted octanol–water partition coefficient (Wildman–Crippen LogP) is 1.27. The lowest BCUT2D eigenvalue weighted by Gasteiger charge is -2.22. The Labute approximate surface area is 145 Å². The van der Waals surface area contributed by atoms with Crippen LogP contribution in [-0.4, -0.2) is 43.5 Å². The van der Waals surface area contributed by atoms with Gasteiger partial charge in [-0.2, -0.15) is 8.42 Å². The molecule has 1 aliphatic rings. The summed E-state index contributed by atoms with van der Waals surface area (Å²) in [6.45, 7) is 0. The molecule has 0 spiro atoms. The average Bonchev–Trinajstić information content (AvgIpc) is 2.52. The Balaban J connectivity index is 2.41. The number of ether oxygens (including phenoxy) is 1. The van der Waals surface area contributed by atoms with Crippen molar-refractivity contribution in [2.24, 2.45) is 0 Å². The third kappa shape index (κ3) is 2.69. The van der Waals surface area contributed by atoms with Crippen molar-refractivity contribution in [1.82, 2.24) is 0 Å². The van der Waals surface area contributed by atoms with E-state index in [9.17, 15) is 31.0 Å². The van der Waals surface area contributed by atoms with E-state index < -0.39 is 57.9 Å². The Morgan fingerprint density at radius 2 is 1.50 bits per heavy atom. The summed E-state index contributed by atoms with van der Waals surface area (Å²) in [5, 5.41) is 18.1. The highest BCUT2D eigenvalue weighted by Gasteiger charge is 2.37. The van der Waals surface area contributed by atoms with Crippen molar-refractivity contribution in [3.63, 3.8) is 0 Å². The van der Waals surface area contributed by atoms with Gasteiger partial charge in [-0.05, 0) is 30.3 Å². The SMILES string of the molecule is O=C(O)c1ccc2c(c1)S(=O)(=O)c1cc(C(=O)O)cc(S(=O)(=O)O)c1O2. The fourth-order valence-electron chi connectivity index (χ4n) is 2.36. The Kier molecular flexibility index (Phi) is 3.79. The van der Waals surface area contributed by atoms with Crippen molar-refractivity contribution < 1.29 is 45.9 Å². The highest BCUT2D eigenvalue weighted by Crippen LogP contribution is 2.46. The summed E-state index contributed by atoms with van der Waals surface area (Å²) in [6.07, 6.45) is 0. The lowest BCUT2D eigenvalue weighted by molar-refractivity contribution is 0.0685. The van der Waals surface area contributed by atoms with Gasteiger partial charge in [0.2, 0.25) is 9.84 Å². The molecule has 0 aromatic heterocycles. The molecule has 136 valence electrons. The first kappa shape index (κ1) is 17.8. The minimum atomic E-state index is -5.02. The summed E-state index contributed by atoms with van der Waals surface area (Å²) in [5.41, 5.74) is -1.09. The van der Waals surface area contributed by atoms with E-state index >= 15 is 0 Å². The largest absolute Gasteiger partial charge is 0.478 e. The summed E-state index contributed by atoms with van der Waals surface area (Å²) in [6, 6.07) is 4.08. The van der Waals surface area contributed by atoms with Crippen LogP contribution >= 0.6 is 0 Å². The molecular formula is C14H8O10S2. The molecule has 0 amide bonds. The van der Waals surface area contributed by atoms with Crippen molar-refractivity contribution in [2.45, 2.75) is 14.7 Å². The smallest absolute Gasteiger partial charge is 0.335 e. The lowest BCUT2D eigenvalue weighted by atomic mass is 10.2. The van der Waals surface area contributed by atoms with E-state index in [1.807, 2.05) is 0 Å². The van der Waals surface area contributed by atoms with Crippen LogP contribution in [0.4, 0.5) is 0 Å². The molecule has 0 saturated carbocycles. The fourth-order valence-corrected chi connectivity index (χ4v) is 4.65. The molecule has 0 aliphatic carbocycles. The van der Waals surface area contributed by atoms with Gasteiger partial charge in [-0.3, -0.25) is 4.55 Å². The van der Waals surface area contributed by atoms with Gasteiger partial charge in [-0.1, -0.05) is 0 Å². The number of carbonyl (C=O) groups is 2. The zero-order valence-corrected chi connectivity index (χ0v) is 14.0. The molecule has 2 aromatic rings. The third-order valence-corrected chi connectivity index (χ3v) is 6.17. The maximum atomic E-state index is 12.8. The number of benzene rings is 2. The lowest BCUT2D eigenvalue weighted by Crippen LogP contribution is -2.16. The van der Waals surface area contributed by atoms with Crippen LogP contribution in [-0.2, 0) is 20.0 Å². The summed E-state index contributed by atoms with van der Waals surface area (Å²) in [4.78, 5) is 19.8. The molecule has 12 heteroatoms. The number of fused-ring (bicyclic) bond motifs is 2. The highest BCUT2D eigenvalue weighted by atomic mass is 32.2. The zero-order chi connectivity index (χ0) is 19.4. The molecule has 0 saturated heterocycles. The van der Waals surface area contributed by atoms with Crippen molar-refractivity contribution in [1.29, 1.82) is 0 Å². The van der Waals surface area contributed by atoms with E-state index in [1.165, 1.54) is 0 Å². The van der Waals surface area contributed by atoms with Gasteiger partial charge in [0.15, 0.2) is 5.75 Å². The van der Waals surface area contributed by atoms with Crippen molar-refractivity contribution in [2.75, 3.05) is 0 Å². The minimum Gasteiger partial charge on any atom is -0.478 e. The van der Waals surface area contributed by atoms with Gasteiger partial charge in [-0.25, -0.2) is 18.0 Å². The number of sulfone groups is 1. The number of rotatable bonds is 3. The van der Waals surface area contributed by atoms with Crippen molar-refractivity contribution >= 4 is 31.9 Å². The van der Waals surface area contributed by atoms with Gasteiger partial charge in [0.05, 0.1) is 11.1 Å². The number of hydrogen-bond donors (Lipinski definition) is 3. The van der Waals surface area contributed by atoms with Gasteiger partial charge < -0.3 is 14.9 Å². The zero-order valence-electron chi connectivity index (χ0n) is 12.4. The van der Waals surface area contributed by atoms with Crippen LogP contribution in [0, 0.1) is 0 Å². The topological polar surface area (TPSA) is 172 Å². The molecule has 1 aliphatic heterocycles. The number of aromatic carboxylic acids is 2. The maximum Gasteiger partial charge on any atom is 0.335 e. The van der Waals surface area contributed by atoms with Crippen molar-refractivity contribution in [3.8, 4) is 11.5 Å². The molecular weight excluding hydrogens is 392 g/mol. The molecule has 10 nitrogen and oxygen atoms in total. The van der Waals surface area contributed by atoms with Gasteiger partial charge in [0, 0.05) is 0 Å². The van der Waals surface area contributed by atoms with E-state index in [1.54, 1.807) is 0 Å². The molecule has 3 rings (SSSR count). The first-order chi connectivity index (χ1) is 11.9. The van der Waals surface area contributed by atoms with Crippen molar-refractivity contribution in [3.05, 3.63) is 41.5 Å². The second-order valence-electron chi connectivity index (χ2n) is 5.15. The third-order valence-electron chi connectivity index (χ3n) is 3.53. The molecule has 1 heterocycles. The number of hydrogen-bond acceptors (Lipinski definition) is 7. The number of carboxylic acid groups (broad SMARTS) is 2. The molecule has 0 fully saturated rings. The normalized spacial score (nSPS) is 14.7. The first-order valence-electron chi connectivity index (χ1n) is 6.62. The minimum absolute atomic E-state index is 0.365. The Morgan fingerprint density at radius 3 is 2.04 bits per heavy atom. The molecule has 26 heavy (non-hydrogen) atoms. The maximum absolute atomic E-state index is 12.8. The summed E-state index contributed by atoms with van der Waals surface area (Å²) >= 11 is 0. The van der Waals surface area contributed by atoms with E-state index in [0.29, 0.717) is 12.1 Å². The van der Waals surface area contributed by atoms with E-state index in [0.717, 1.165) is 18.2 Å². The predicted molar refractivity (Wildman–Crippen MR) is 82.1 cm³/mol. The van der Waals surface area contributed by atoms with Crippen LogP contribution in [0.25, 0.3) is 0 Å². The monoisotopic (exact) mass is 400 g/mol. The van der Waals surface area contributed by atoms with Crippen LogP contribution in [0.1, 0.15) is 20.7 Å². The summed E-state index contributed by atoms with van der Waals surface area (Å²) < 4.78 is 63.2. The van der Waals surface area contributed by atoms with Crippen LogP contribution in [0.15, 0.2) is 45.0 Å². The van der Waals surface area contributed by atoms with E-state index in [4.69, 9.17) is 14.9 Å². The van der Waals surface area contributed by atoms with Gasteiger partial charge >= 0.3 is 11.9 Å². The summed E-state index contributed by atoms with van der Waals surface area (Å²) in [7, 11) is -9.54. The number of carboxylic acids is 2. The quantitative estimate of drug-likeness (QED) is 0.543. The Bertz CT molecular complexity index is 1190. The van der Waals surface area contributed by atoms with E-state index in [2.05, 4.69) is 0 Å². The fraction of sp³-hybridized carbons (Fsp3) is 0. The van der Waals surface area contributed by atoms with Gasteiger partial charge in [0.1, 0.15) is 20.4 Å². The first-order valence-corrected chi connectivity index (χ1v) is 9.54.